The maximum Gasteiger partial charge on any atom is 0.259 e. The van der Waals surface area contributed by atoms with Crippen LogP contribution in [-0.4, -0.2) is 19.9 Å². The van der Waals surface area contributed by atoms with Gasteiger partial charge >= 0.3 is 0 Å². The third-order valence-corrected chi connectivity index (χ3v) is 3.43. The average molecular weight is 285 g/mol. The maximum atomic E-state index is 12.0. The quantitative estimate of drug-likeness (QED) is 0.550. The molecule has 0 unspecified atom stereocenters. The maximum absolute atomic E-state index is 12.0. The molecule has 0 fully saturated rings. The fourth-order valence-electron chi connectivity index (χ4n) is 1.70. The van der Waals surface area contributed by atoms with E-state index < -0.39 is 0 Å². The van der Waals surface area contributed by atoms with Gasteiger partial charge in [0.25, 0.3) is 5.56 Å². The van der Waals surface area contributed by atoms with Crippen LogP contribution in [-0.2, 0) is 0 Å². The lowest BCUT2D eigenvalue weighted by atomic mass is 10.2. The number of aromatic amines is 1. The number of H-pyrrole nitrogens is 1. The summed E-state index contributed by atoms with van der Waals surface area (Å²) in [6, 6.07) is 5.05. The molecule has 6 nitrogen and oxygen atoms in total. The van der Waals surface area contributed by atoms with Crippen molar-refractivity contribution in [2.75, 3.05) is 5.73 Å². The van der Waals surface area contributed by atoms with Crippen LogP contribution in [0.1, 0.15) is 5.56 Å². The third-order valence-electron chi connectivity index (χ3n) is 2.65. The standard InChI is InChI=1S/C13H11N5OS/c1-7-5-15-12(16-6-7)20-13-17-10-3-2-8(14)4-9(10)11(19)18-13/h2-6H,14H2,1H3,(H,17,18,19). The Morgan fingerprint density at radius 1 is 1.25 bits per heavy atom. The van der Waals surface area contributed by atoms with E-state index in [0.717, 1.165) is 5.56 Å². The van der Waals surface area contributed by atoms with Crippen LogP contribution in [0.25, 0.3) is 10.9 Å². The van der Waals surface area contributed by atoms with Crippen molar-refractivity contribution in [3.8, 4) is 0 Å². The number of anilines is 1. The van der Waals surface area contributed by atoms with Gasteiger partial charge in [-0.15, -0.1) is 0 Å². The highest BCUT2D eigenvalue weighted by atomic mass is 32.2. The number of fused-ring (bicyclic) bond motifs is 1. The average Bonchev–Trinajstić information content (AvgIpc) is 2.42. The molecule has 1 aromatic carbocycles. The van der Waals surface area contributed by atoms with Gasteiger partial charge in [-0.2, -0.15) is 0 Å². The minimum Gasteiger partial charge on any atom is -0.399 e. The minimum absolute atomic E-state index is 0.225. The van der Waals surface area contributed by atoms with Gasteiger partial charge in [0.05, 0.1) is 10.9 Å². The number of hydrogen-bond acceptors (Lipinski definition) is 6. The molecule has 3 rings (SSSR count). The summed E-state index contributed by atoms with van der Waals surface area (Å²) in [4.78, 5) is 27.4. The van der Waals surface area contributed by atoms with Crippen LogP contribution in [0.4, 0.5) is 5.69 Å². The highest BCUT2D eigenvalue weighted by Gasteiger charge is 2.07. The number of nitrogens with one attached hydrogen (secondary N) is 1. The first-order valence-corrected chi connectivity index (χ1v) is 6.69. The van der Waals surface area contributed by atoms with Crippen LogP contribution in [0.5, 0.6) is 0 Å². The largest absolute Gasteiger partial charge is 0.399 e. The van der Waals surface area contributed by atoms with E-state index >= 15 is 0 Å². The van der Waals surface area contributed by atoms with E-state index in [9.17, 15) is 4.79 Å². The smallest absolute Gasteiger partial charge is 0.259 e. The fourth-order valence-corrected chi connectivity index (χ4v) is 2.37. The van der Waals surface area contributed by atoms with Gasteiger partial charge in [-0.25, -0.2) is 15.0 Å². The zero-order valence-corrected chi connectivity index (χ0v) is 11.4. The van der Waals surface area contributed by atoms with Crippen molar-refractivity contribution in [3.05, 3.63) is 46.5 Å². The number of aromatic nitrogens is 4. The number of nitrogens with zero attached hydrogens (tertiary/aromatic N) is 3. The van der Waals surface area contributed by atoms with Gasteiger partial charge < -0.3 is 10.7 Å². The van der Waals surface area contributed by atoms with E-state index in [0.29, 0.717) is 26.9 Å². The number of rotatable bonds is 2. The first-order chi connectivity index (χ1) is 9.61. The third kappa shape index (κ3) is 2.48. The van der Waals surface area contributed by atoms with Crippen molar-refractivity contribution in [2.45, 2.75) is 17.2 Å². The Labute approximate surface area is 118 Å². The second kappa shape index (κ2) is 4.93. The van der Waals surface area contributed by atoms with Crippen molar-refractivity contribution in [2.24, 2.45) is 0 Å². The molecule has 0 aliphatic carbocycles. The molecule has 2 aromatic heterocycles. The predicted molar refractivity (Wildman–Crippen MR) is 77.7 cm³/mol. The predicted octanol–water partition coefficient (Wildman–Crippen LogP) is 1.75. The Balaban J connectivity index is 2.02. The van der Waals surface area contributed by atoms with Crippen LogP contribution in [0.3, 0.4) is 0 Å². The van der Waals surface area contributed by atoms with Crippen LogP contribution in [0.15, 0.2) is 45.7 Å². The Kier molecular flexibility index (Phi) is 3.11. The first-order valence-electron chi connectivity index (χ1n) is 5.88. The monoisotopic (exact) mass is 285 g/mol. The van der Waals surface area contributed by atoms with Crippen molar-refractivity contribution in [1.29, 1.82) is 0 Å². The molecule has 0 aliphatic rings. The van der Waals surface area contributed by atoms with Crippen LogP contribution >= 0.6 is 11.8 Å². The van der Waals surface area contributed by atoms with Gasteiger partial charge in [-0.1, -0.05) is 0 Å². The Morgan fingerprint density at radius 2 is 2.00 bits per heavy atom. The molecule has 0 bridgehead atoms. The molecule has 3 N–H and O–H groups in total. The zero-order chi connectivity index (χ0) is 14.1. The molecule has 0 spiro atoms. The van der Waals surface area contributed by atoms with E-state index in [1.165, 1.54) is 11.8 Å². The molecular formula is C13H11N5OS. The van der Waals surface area contributed by atoms with Gasteiger partial charge in [-0.05, 0) is 42.4 Å². The highest BCUT2D eigenvalue weighted by molar-refractivity contribution is 7.99. The van der Waals surface area contributed by atoms with Crippen molar-refractivity contribution in [3.63, 3.8) is 0 Å². The summed E-state index contributed by atoms with van der Waals surface area (Å²) in [6.07, 6.45) is 3.43. The topological polar surface area (TPSA) is 97.5 Å². The van der Waals surface area contributed by atoms with Crippen LogP contribution in [0.2, 0.25) is 0 Å². The Morgan fingerprint density at radius 3 is 2.75 bits per heavy atom. The lowest BCUT2D eigenvalue weighted by molar-refractivity contribution is 0.921. The molecule has 20 heavy (non-hydrogen) atoms. The molecule has 3 aromatic rings. The number of benzene rings is 1. The van der Waals surface area contributed by atoms with E-state index in [2.05, 4.69) is 19.9 Å². The summed E-state index contributed by atoms with van der Waals surface area (Å²) in [7, 11) is 0. The molecule has 0 saturated heterocycles. The van der Waals surface area contributed by atoms with Gasteiger partial charge in [0.15, 0.2) is 10.3 Å². The lowest BCUT2D eigenvalue weighted by Crippen LogP contribution is -2.09. The van der Waals surface area contributed by atoms with Crippen molar-refractivity contribution in [1.82, 2.24) is 19.9 Å². The Bertz CT molecular complexity index is 828. The Hall–Kier alpha value is -2.41. The van der Waals surface area contributed by atoms with Gasteiger partial charge in [-0.3, -0.25) is 4.79 Å². The second-order valence-electron chi connectivity index (χ2n) is 4.29. The minimum atomic E-state index is -0.225. The van der Waals surface area contributed by atoms with E-state index in [1.807, 2.05) is 6.92 Å². The van der Waals surface area contributed by atoms with E-state index in [-0.39, 0.29) is 5.56 Å². The van der Waals surface area contributed by atoms with Gasteiger partial charge in [0.2, 0.25) is 0 Å². The molecule has 0 aliphatic heterocycles. The molecule has 7 heteroatoms. The molecule has 0 atom stereocenters. The van der Waals surface area contributed by atoms with E-state index in [1.54, 1.807) is 30.6 Å². The molecule has 100 valence electrons. The second-order valence-corrected chi connectivity index (χ2v) is 5.25. The van der Waals surface area contributed by atoms with Gasteiger partial charge in [0, 0.05) is 18.1 Å². The van der Waals surface area contributed by atoms with Crippen LogP contribution in [0, 0.1) is 6.92 Å². The van der Waals surface area contributed by atoms with Crippen LogP contribution < -0.4 is 11.3 Å². The summed E-state index contributed by atoms with van der Waals surface area (Å²) in [5.74, 6) is 0. The number of nitrogen functional groups attached to an aromatic ring is 1. The summed E-state index contributed by atoms with van der Waals surface area (Å²) >= 11 is 1.21. The normalized spacial score (nSPS) is 10.8. The number of aryl methyl sites for hydroxylation is 1. The summed E-state index contributed by atoms with van der Waals surface area (Å²) in [5, 5.41) is 1.46. The molecule has 0 radical (unpaired) electrons. The molecule has 2 heterocycles. The van der Waals surface area contributed by atoms with Crippen molar-refractivity contribution >= 4 is 28.4 Å². The molecule has 0 saturated carbocycles. The van der Waals surface area contributed by atoms with Crippen molar-refractivity contribution < 1.29 is 0 Å². The molecular weight excluding hydrogens is 274 g/mol. The SMILES string of the molecule is Cc1cnc(Sc2nc3ccc(N)cc3c(=O)[nH]2)nc1. The summed E-state index contributed by atoms with van der Waals surface area (Å²) in [6.45, 7) is 1.91. The summed E-state index contributed by atoms with van der Waals surface area (Å²) < 4.78 is 0. The highest BCUT2D eigenvalue weighted by Crippen LogP contribution is 2.21. The van der Waals surface area contributed by atoms with Gasteiger partial charge in [0.1, 0.15) is 0 Å². The molecule has 0 amide bonds. The fraction of sp³-hybridized carbons (Fsp3) is 0.0769. The lowest BCUT2D eigenvalue weighted by Gasteiger charge is -2.02. The number of nitrogens with two attached hydrogens (primary N) is 1. The number of hydrogen-bond donors (Lipinski definition) is 2. The van der Waals surface area contributed by atoms with E-state index in [4.69, 9.17) is 5.73 Å². The zero-order valence-electron chi connectivity index (χ0n) is 10.6. The first kappa shape index (κ1) is 12.6. The summed E-state index contributed by atoms with van der Waals surface area (Å²) in [5.41, 5.74) is 7.54.